The van der Waals surface area contributed by atoms with Gasteiger partial charge in [-0.1, -0.05) is 56.3 Å². The van der Waals surface area contributed by atoms with Crippen LogP contribution in [0.15, 0.2) is 55.6 Å². The van der Waals surface area contributed by atoms with Gasteiger partial charge in [-0.25, -0.2) is 0 Å². The van der Waals surface area contributed by atoms with Crippen molar-refractivity contribution in [3.63, 3.8) is 0 Å². The summed E-state index contributed by atoms with van der Waals surface area (Å²) < 4.78 is 10.7. The molecule has 0 aliphatic heterocycles. The van der Waals surface area contributed by atoms with E-state index in [1.165, 1.54) is 0 Å². The first-order valence-corrected chi connectivity index (χ1v) is 12.5. The molecule has 0 saturated heterocycles. The first-order chi connectivity index (χ1) is 17.3. The summed E-state index contributed by atoms with van der Waals surface area (Å²) in [6.45, 7) is 12.1. The third-order valence-electron chi connectivity index (χ3n) is 5.70. The molecule has 2 amide bonds. The van der Waals surface area contributed by atoms with Crippen molar-refractivity contribution in [3.8, 4) is 0 Å². The molecule has 200 valence electrons. The summed E-state index contributed by atoms with van der Waals surface area (Å²) in [5.74, 6) is -1.83. The van der Waals surface area contributed by atoms with Crippen molar-refractivity contribution >= 4 is 17.8 Å². The average Bonchev–Trinajstić information content (AvgIpc) is 2.86. The fourth-order valence-corrected chi connectivity index (χ4v) is 3.56. The third kappa shape index (κ3) is 12.7. The van der Waals surface area contributed by atoms with Gasteiger partial charge in [0.1, 0.15) is 6.61 Å². The van der Waals surface area contributed by atoms with E-state index in [1.54, 1.807) is 12.2 Å². The Kier molecular flexibility index (Phi) is 15.8. The molecule has 8 heteroatoms. The summed E-state index contributed by atoms with van der Waals surface area (Å²) in [7, 11) is 0. The lowest BCUT2D eigenvalue weighted by molar-refractivity contribution is -0.150. The third-order valence-corrected chi connectivity index (χ3v) is 5.70. The second-order valence-electron chi connectivity index (χ2n) is 9.01. The van der Waals surface area contributed by atoms with Crippen LogP contribution < -0.4 is 10.6 Å². The van der Waals surface area contributed by atoms with Crippen molar-refractivity contribution in [2.24, 2.45) is 17.8 Å². The van der Waals surface area contributed by atoms with E-state index < -0.39 is 12.0 Å². The van der Waals surface area contributed by atoms with Gasteiger partial charge in [-0.05, 0) is 30.7 Å². The standard InChI is InChI=1S/C28H42N2O6/c1-5-10-23(19-26(32)29-14-16-35-17-15-31)27(33)30-25(21(3)4)20-36-28(34)24(11-6-2)18-22-12-8-7-9-13-22/h5-9,12-13,21,23-25,31H,1-2,10-11,14-20H2,3-4H3,(H,29,32)(H,30,33). The summed E-state index contributed by atoms with van der Waals surface area (Å²) in [5.41, 5.74) is 1.04. The Bertz CT molecular complexity index is 812. The number of hydrogen-bond donors (Lipinski definition) is 3. The summed E-state index contributed by atoms with van der Waals surface area (Å²) in [5, 5.41) is 14.4. The van der Waals surface area contributed by atoms with Crippen LogP contribution in [0.1, 0.15) is 38.7 Å². The molecule has 0 heterocycles. The molecule has 0 spiro atoms. The van der Waals surface area contributed by atoms with Crippen molar-refractivity contribution in [2.45, 2.75) is 45.6 Å². The maximum atomic E-state index is 13.0. The summed E-state index contributed by atoms with van der Waals surface area (Å²) in [6.07, 6.45) is 4.69. The van der Waals surface area contributed by atoms with Crippen LogP contribution >= 0.6 is 0 Å². The SMILES string of the molecule is C=CCC(CC(=O)NCCOCCO)C(=O)NC(COC(=O)C(CC=C)Cc1ccccc1)C(C)C. The predicted octanol–water partition coefficient (Wildman–Crippen LogP) is 2.81. The van der Waals surface area contributed by atoms with E-state index in [2.05, 4.69) is 23.8 Å². The zero-order valence-corrected chi connectivity index (χ0v) is 21.6. The molecule has 1 rings (SSSR count). The Balaban J connectivity index is 2.66. The molecule has 0 radical (unpaired) electrons. The normalized spacial score (nSPS) is 13.3. The van der Waals surface area contributed by atoms with Gasteiger partial charge in [-0.15, -0.1) is 13.2 Å². The lowest BCUT2D eigenvalue weighted by Gasteiger charge is -2.25. The number of aliphatic hydroxyl groups is 1. The quantitative estimate of drug-likeness (QED) is 0.152. The van der Waals surface area contributed by atoms with Gasteiger partial charge in [-0.3, -0.25) is 14.4 Å². The van der Waals surface area contributed by atoms with Gasteiger partial charge in [0.15, 0.2) is 0 Å². The van der Waals surface area contributed by atoms with Crippen LogP contribution in [-0.4, -0.2) is 61.9 Å². The van der Waals surface area contributed by atoms with Crippen molar-refractivity contribution in [2.75, 3.05) is 33.0 Å². The summed E-state index contributed by atoms with van der Waals surface area (Å²) >= 11 is 0. The molecule has 36 heavy (non-hydrogen) atoms. The molecule has 1 aromatic carbocycles. The smallest absolute Gasteiger partial charge is 0.309 e. The Labute approximate surface area is 215 Å². The Morgan fingerprint density at radius 1 is 1.03 bits per heavy atom. The maximum absolute atomic E-state index is 13.0. The van der Waals surface area contributed by atoms with Crippen LogP contribution in [0.25, 0.3) is 0 Å². The molecular weight excluding hydrogens is 460 g/mol. The monoisotopic (exact) mass is 502 g/mol. The van der Waals surface area contributed by atoms with Gasteiger partial charge in [0.2, 0.25) is 11.8 Å². The van der Waals surface area contributed by atoms with E-state index in [0.29, 0.717) is 25.8 Å². The molecule has 0 saturated carbocycles. The number of rotatable bonds is 19. The molecule has 3 unspecified atom stereocenters. The molecule has 1 aromatic rings. The van der Waals surface area contributed by atoms with E-state index in [0.717, 1.165) is 5.56 Å². The highest BCUT2D eigenvalue weighted by Gasteiger charge is 2.27. The minimum absolute atomic E-state index is 0.000933. The van der Waals surface area contributed by atoms with Crippen molar-refractivity contribution in [3.05, 3.63) is 61.2 Å². The Morgan fingerprint density at radius 3 is 2.31 bits per heavy atom. The lowest BCUT2D eigenvalue weighted by atomic mass is 9.96. The zero-order valence-electron chi connectivity index (χ0n) is 21.6. The number of amides is 2. The number of allylic oxidation sites excluding steroid dienone is 2. The van der Waals surface area contributed by atoms with Crippen LogP contribution in [0.2, 0.25) is 0 Å². The largest absolute Gasteiger partial charge is 0.463 e. The molecule has 8 nitrogen and oxygen atoms in total. The highest BCUT2D eigenvalue weighted by Crippen LogP contribution is 2.16. The van der Waals surface area contributed by atoms with E-state index >= 15 is 0 Å². The second-order valence-corrected chi connectivity index (χ2v) is 9.01. The molecule has 3 N–H and O–H groups in total. The Morgan fingerprint density at radius 2 is 1.69 bits per heavy atom. The number of nitrogens with one attached hydrogen (secondary N) is 2. The fourth-order valence-electron chi connectivity index (χ4n) is 3.56. The van der Waals surface area contributed by atoms with Gasteiger partial charge in [0.05, 0.1) is 37.7 Å². The second kappa shape index (κ2) is 18.3. The van der Waals surface area contributed by atoms with E-state index in [1.807, 2.05) is 44.2 Å². The number of carbonyl (C=O) groups is 3. The number of esters is 1. The first-order valence-electron chi connectivity index (χ1n) is 12.5. The minimum Gasteiger partial charge on any atom is -0.463 e. The lowest BCUT2D eigenvalue weighted by Crippen LogP contribution is -2.46. The number of aliphatic hydroxyl groups excluding tert-OH is 1. The van der Waals surface area contributed by atoms with Crippen molar-refractivity contribution in [1.29, 1.82) is 0 Å². The minimum atomic E-state index is -0.593. The van der Waals surface area contributed by atoms with E-state index in [4.69, 9.17) is 14.6 Å². The van der Waals surface area contributed by atoms with Crippen molar-refractivity contribution in [1.82, 2.24) is 10.6 Å². The molecule has 0 bridgehead atoms. The maximum Gasteiger partial charge on any atom is 0.309 e. The number of carbonyl (C=O) groups excluding carboxylic acids is 3. The molecule has 0 aliphatic rings. The van der Waals surface area contributed by atoms with Gasteiger partial charge in [0, 0.05) is 13.0 Å². The summed E-state index contributed by atoms with van der Waals surface area (Å²) in [6, 6.07) is 9.33. The van der Waals surface area contributed by atoms with Gasteiger partial charge < -0.3 is 25.2 Å². The van der Waals surface area contributed by atoms with E-state index in [9.17, 15) is 14.4 Å². The molecular formula is C28H42N2O6. The van der Waals surface area contributed by atoms with Crippen LogP contribution in [0.5, 0.6) is 0 Å². The fraction of sp³-hybridized carbons (Fsp3) is 0.536. The summed E-state index contributed by atoms with van der Waals surface area (Å²) in [4.78, 5) is 38.1. The topological polar surface area (TPSA) is 114 Å². The highest BCUT2D eigenvalue weighted by molar-refractivity contribution is 5.86. The zero-order chi connectivity index (χ0) is 26.8. The van der Waals surface area contributed by atoms with Crippen LogP contribution in [0.3, 0.4) is 0 Å². The molecule has 3 atom stereocenters. The Hall–Kier alpha value is -2.97. The van der Waals surface area contributed by atoms with Gasteiger partial charge >= 0.3 is 5.97 Å². The first kappa shape index (κ1) is 31.1. The van der Waals surface area contributed by atoms with Gasteiger partial charge in [0.25, 0.3) is 0 Å². The molecule has 0 fully saturated rings. The van der Waals surface area contributed by atoms with Gasteiger partial charge in [-0.2, -0.15) is 0 Å². The molecule has 0 aliphatic carbocycles. The highest BCUT2D eigenvalue weighted by atomic mass is 16.5. The van der Waals surface area contributed by atoms with E-state index in [-0.39, 0.29) is 62.5 Å². The average molecular weight is 503 g/mol. The molecule has 0 aromatic heterocycles. The van der Waals surface area contributed by atoms with Crippen LogP contribution in [0, 0.1) is 17.8 Å². The predicted molar refractivity (Wildman–Crippen MR) is 140 cm³/mol. The number of benzene rings is 1. The van der Waals surface area contributed by atoms with Crippen molar-refractivity contribution < 1.29 is 29.0 Å². The number of ether oxygens (including phenoxy) is 2. The number of hydrogen-bond acceptors (Lipinski definition) is 6. The van der Waals surface area contributed by atoms with Crippen LogP contribution in [0.4, 0.5) is 0 Å². The van der Waals surface area contributed by atoms with Crippen LogP contribution in [-0.2, 0) is 30.3 Å².